The zero-order valence-electron chi connectivity index (χ0n) is 23.2. The molecule has 3 N–H and O–H groups in total. The lowest BCUT2D eigenvalue weighted by Gasteiger charge is -2.17. The number of nitrogens with one attached hydrogen (secondary N) is 1. The molecular weight excluding hydrogens is 508 g/mol. The Labute approximate surface area is 233 Å². The number of aryl methyl sites for hydroxylation is 2. The third-order valence-electron chi connectivity index (χ3n) is 6.82. The number of aromatic nitrogens is 5. The van der Waals surface area contributed by atoms with E-state index in [1.165, 1.54) is 0 Å². The van der Waals surface area contributed by atoms with Crippen molar-refractivity contribution >= 4 is 22.7 Å². The van der Waals surface area contributed by atoms with Gasteiger partial charge in [0.15, 0.2) is 0 Å². The molecule has 1 aliphatic heterocycles. The number of halogens is 2. The van der Waals surface area contributed by atoms with Crippen LogP contribution in [0.5, 0.6) is 0 Å². The van der Waals surface area contributed by atoms with E-state index in [4.69, 9.17) is 10.7 Å². The van der Waals surface area contributed by atoms with Crippen LogP contribution < -0.4 is 5.73 Å². The van der Waals surface area contributed by atoms with Gasteiger partial charge in [0.25, 0.3) is 5.92 Å². The van der Waals surface area contributed by atoms with Crippen LogP contribution in [0.15, 0.2) is 80.5 Å². The summed E-state index contributed by atoms with van der Waals surface area (Å²) in [6.45, 7) is 18.3. The number of imidazole rings is 2. The van der Waals surface area contributed by atoms with Gasteiger partial charge in [0.05, 0.1) is 24.3 Å². The monoisotopic (exact) mass is 543 g/mol. The van der Waals surface area contributed by atoms with Crippen LogP contribution in [0.3, 0.4) is 0 Å². The molecule has 9 heteroatoms. The Morgan fingerprint density at radius 1 is 1.25 bits per heavy atom. The van der Waals surface area contributed by atoms with Crippen LogP contribution in [-0.2, 0) is 0 Å². The molecule has 7 nitrogen and oxygen atoms in total. The molecule has 4 rings (SSSR count). The van der Waals surface area contributed by atoms with E-state index in [1.54, 1.807) is 29.6 Å². The average molecular weight is 544 g/mol. The first-order valence-corrected chi connectivity index (χ1v) is 13.0. The molecule has 208 valence electrons. The molecule has 0 unspecified atom stereocenters. The van der Waals surface area contributed by atoms with Crippen molar-refractivity contribution in [2.45, 2.75) is 33.1 Å². The van der Waals surface area contributed by atoms with Crippen molar-refractivity contribution in [3.63, 3.8) is 0 Å². The highest BCUT2D eigenvalue weighted by Gasteiger charge is 2.37. The maximum atomic E-state index is 13.7. The molecular formula is C31H35F2N7. The molecule has 1 aliphatic rings. The summed E-state index contributed by atoms with van der Waals surface area (Å²) in [5.41, 5.74) is 13.3. The first kappa shape index (κ1) is 28.6. The predicted molar refractivity (Wildman–Crippen MR) is 159 cm³/mol. The minimum absolute atomic E-state index is 0.123. The minimum atomic E-state index is -2.64. The summed E-state index contributed by atoms with van der Waals surface area (Å²) in [6.07, 6.45) is 14.4. The topological polar surface area (TPSA) is 88.7 Å². The number of allylic oxidation sites excluding steroid dienone is 5. The number of nitrogen functional groups attached to an aromatic ring is 1. The van der Waals surface area contributed by atoms with Crippen molar-refractivity contribution < 1.29 is 8.78 Å². The van der Waals surface area contributed by atoms with Gasteiger partial charge in [-0.3, -0.25) is 4.90 Å². The SMILES string of the molecule is C=C/C=C(\c1nc(C(=C)c2cc(C(/C=C(\C=C)CN3CCC(F)(F)C3)=C/C)cnc2N)[nH]c1C)n1cnc(C)c1. The molecule has 1 saturated heterocycles. The highest BCUT2D eigenvalue weighted by molar-refractivity contribution is 5.84. The number of hydrogen-bond acceptors (Lipinski definition) is 5. The molecule has 0 bridgehead atoms. The van der Waals surface area contributed by atoms with E-state index < -0.39 is 5.92 Å². The quantitative estimate of drug-likeness (QED) is 0.298. The summed E-state index contributed by atoms with van der Waals surface area (Å²) in [5, 5.41) is 0. The van der Waals surface area contributed by atoms with E-state index in [9.17, 15) is 8.78 Å². The zero-order chi connectivity index (χ0) is 29.0. The van der Waals surface area contributed by atoms with Crippen LogP contribution in [0.4, 0.5) is 14.6 Å². The number of anilines is 1. The summed E-state index contributed by atoms with van der Waals surface area (Å²) in [7, 11) is 0. The van der Waals surface area contributed by atoms with Gasteiger partial charge in [-0.25, -0.2) is 23.7 Å². The molecule has 0 spiro atoms. The lowest BCUT2D eigenvalue weighted by molar-refractivity contribution is 0.0131. The smallest absolute Gasteiger partial charge is 0.261 e. The van der Waals surface area contributed by atoms with E-state index in [0.717, 1.165) is 39.5 Å². The largest absolute Gasteiger partial charge is 0.383 e. The van der Waals surface area contributed by atoms with E-state index >= 15 is 0 Å². The number of alkyl halides is 2. The Morgan fingerprint density at radius 2 is 2.02 bits per heavy atom. The molecule has 0 radical (unpaired) electrons. The fraction of sp³-hybridized carbons (Fsp3) is 0.258. The molecule has 0 aromatic carbocycles. The fourth-order valence-corrected chi connectivity index (χ4v) is 4.71. The Bertz CT molecular complexity index is 1530. The van der Waals surface area contributed by atoms with E-state index in [2.05, 4.69) is 34.7 Å². The Hall–Kier alpha value is -4.37. The number of aromatic amines is 1. The fourth-order valence-electron chi connectivity index (χ4n) is 4.71. The molecule has 0 atom stereocenters. The van der Waals surface area contributed by atoms with Gasteiger partial charge < -0.3 is 15.3 Å². The standard InChI is InChI=1S/C31H35F2N7/c1-7-10-27(40-16-20(4)36-19-40)28-22(6)37-30(38-28)21(5)26-14-25(15-35-29(26)34)24(9-3)13-23(8-2)17-39-12-11-31(32,33)18-39/h7-10,13-16,19H,1-2,5,11-12,17-18H2,3-4,6H3,(H2,34,35)(H,37,38)/b23-13+,24-9+,27-10+. The molecule has 0 saturated carbocycles. The number of H-pyrrole nitrogens is 1. The second kappa shape index (κ2) is 11.8. The summed E-state index contributed by atoms with van der Waals surface area (Å²) < 4.78 is 29.3. The van der Waals surface area contributed by atoms with Gasteiger partial charge in [0, 0.05) is 54.3 Å². The van der Waals surface area contributed by atoms with Gasteiger partial charge in [0.1, 0.15) is 17.3 Å². The third-order valence-corrected chi connectivity index (χ3v) is 6.82. The maximum absolute atomic E-state index is 13.7. The van der Waals surface area contributed by atoms with Crippen LogP contribution in [0.1, 0.15) is 47.4 Å². The third kappa shape index (κ3) is 6.26. The molecule has 4 heterocycles. The van der Waals surface area contributed by atoms with Crippen molar-refractivity contribution in [1.29, 1.82) is 0 Å². The Balaban J connectivity index is 1.63. The summed E-state index contributed by atoms with van der Waals surface area (Å²) in [5.74, 6) is -1.76. The van der Waals surface area contributed by atoms with E-state index in [1.807, 2.05) is 55.8 Å². The molecule has 0 aliphatic carbocycles. The number of hydrogen-bond donors (Lipinski definition) is 2. The zero-order valence-corrected chi connectivity index (χ0v) is 23.2. The van der Waals surface area contributed by atoms with Crippen molar-refractivity contribution in [2.75, 3.05) is 25.4 Å². The van der Waals surface area contributed by atoms with Crippen molar-refractivity contribution in [2.24, 2.45) is 0 Å². The van der Waals surface area contributed by atoms with Gasteiger partial charge in [0.2, 0.25) is 0 Å². The molecule has 40 heavy (non-hydrogen) atoms. The molecule has 1 fully saturated rings. The molecule has 3 aromatic rings. The number of rotatable bonds is 10. The van der Waals surface area contributed by atoms with Crippen LogP contribution in [0.2, 0.25) is 0 Å². The summed E-state index contributed by atoms with van der Waals surface area (Å²) in [6, 6.07) is 1.92. The van der Waals surface area contributed by atoms with Crippen LogP contribution in [-0.4, -0.2) is 55.0 Å². The number of likely N-dealkylation sites (tertiary alicyclic amines) is 1. The number of nitrogens with zero attached hydrogens (tertiary/aromatic N) is 5. The summed E-state index contributed by atoms with van der Waals surface area (Å²) >= 11 is 0. The molecule has 0 amide bonds. The minimum Gasteiger partial charge on any atom is -0.383 e. The Kier molecular flexibility index (Phi) is 8.44. The second-order valence-electron chi connectivity index (χ2n) is 9.89. The predicted octanol–water partition coefficient (Wildman–Crippen LogP) is 6.19. The lowest BCUT2D eigenvalue weighted by Crippen LogP contribution is -2.26. The number of pyridine rings is 1. The van der Waals surface area contributed by atoms with Gasteiger partial charge in [-0.2, -0.15) is 0 Å². The summed E-state index contributed by atoms with van der Waals surface area (Å²) in [4.78, 5) is 18.7. The highest BCUT2D eigenvalue weighted by atomic mass is 19.3. The van der Waals surface area contributed by atoms with Crippen LogP contribution >= 0.6 is 0 Å². The number of nitrogens with two attached hydrogens (primary N) is 1. The van der Waals surface area contributed by atoms with Gasteiger partial charge >= 0.3 is 0 Å². The molecule has 3 aromatic heterocycles. The second-order valence-corrected chi connectivity index (χ2v) is 9.89. The first-order valence-electron chi connectivity index (χ1n) is 13.0. The Morgan fingerprint density at radius 3 is 2.62 bits per heavy atom. The normalized spacial score (nSPS) is 16.4. The first-order chi connectivity index (χ1) is 19.0. The van der Waals surface area contributed by atoms with Crippen LogP contribution in [0, 0.1) is 13.8 Å². The van der Waals surface area contributed by atoms with Crippen LogP contribution in [0.25, 0.3) is 16.8 Å². The van der Waals surface area contributed by atoms with E-state index in [-0.39, 0.29) is 13.0 Å². The van der Waals surface area contributed by atoms with Gasteiger partial charge in [-0.05, 0) is 44.1 Å². The lowest BCUT2D eigenvalue weighted by atomic mass is 9.99. The van der Waals surface area contributed by atoms with Crippen molar-refractivity contribution in [3.8, 4) is 0 Å². The average Bonchev–Trinajstić information content (AvgIpc) is 3.62. The van der Waals surface area contributed by atoms with Gasteiger partial charge in [-0.1, -0.05) is 44.0 Å². The van der Waals surface area contributed by atoms with Gasteiger partial charge in [-0.15, -0.1) is 0 Å². The highest BCUT2D eigenvalue weighted by Crippen LogP contribution is 2.31. The van der Waals surface area contributed by atoms with Crippen molar-refractivity contribution in [1.82, 2.24) is 29.4 Å². The van der Waals surface area contributed by atoms with E-state index in [0.29, 0.717) is 35.9 Å². The van der Waals surface area contributed by atoms with Crippen molar-refractivity contribution in [3.05, 3.63) is 115 Å². The maximum Gasteiger partial charge on any atom is 0.261 e.